The molecule has 1 saturated heterocycles. The highest BCUT2D eigenvalue weighted by Gasteiger charge is 2.66. The van der Waals surface area contributed by atoms with Gasteiger partial charge in [-0.05, 0) is 42.9 Å². The van der Waals surface area contributed by atoms with E-state index in [-0.39, 0.29) is 0 Å². The minimum Gasteiger partial charge on any atom is -0.374 e. The number of epoxide rings is 1. The van der Waals surface area contributed by atoms with Gasteiger partial charge >= 0.3 is 0 Å². The smallest absolute Gasteiger partial charge is 0.0876 e. The molecule has 4 rings (SSSR count). The molecule has 0 spiro atoms. The third-order valence-corrected chi connectivity index (χ3v) is 5.12. The third-order valence-electron chi connectivity index (χ3n) is 5.12. The summed E-state index contributed by atoms with van der Waals surface area (Å²) in [5.74, 6) is 3.59. The van der Waals surface area contributed by atoms with Crippen LogP contribution in [0.4, 0.5) is 0 Å². The molecular weight excluding hydrogens is 188 g/mol. The summed E-state index contributed by atoms with van der Waals surface area (Å²) >= 11 is 0. The fraction of sp³-hybridized carbons (Fsp3) is 0.846. The van der Waals surface area contributed by atoms with E-state index >= 15 is 0 Å². The molecule has 0 radical (unpaired) electrons. The van der Waals surface area contributed by atoms with Crippen molar-refractivity contribution in [1.82, 2.24) is 0 Å². The van der Waals surface area contributed by atoms with Gasteiger partial charge in [0.05, 0.1) is 24.9 Å². The Balaban J connectivity index is 1.52. The molecule has 2 nitrogen and oxygen atoms in total. The Morgan fingerprint density at radius 2 is 2.20 bits per heavy atom. The molecule has 82 valence electrons. The van der Waals surface area contributed by atoms with Gasteiger partial charge < -0.3 is 9.47 Å². The second-order valence-corrected chi connectivity index (χ2v) is 5.67. The van der Waals surface area contributed by atoms with Crippen LogP contribution in [-0.4, -0.2) is 24.9 Å². The molecule has 15 heavy (non-hydrogen) atoms. The minimum atomic E-state index is 0.511. The fourth-order valence-electron chi connectivity index (χ4n) is 4.63. The van der Waals surface area contributed by atoms with E-state index in [1.807, 2.05) is 6.08 Å². The molecule has 0 aromatic carbocycles. The van der Waals surface area contributed by atoms with Gasteiger partial charge in [-0.2, -0.15) is 0 Å². The van der Waals surface area contributed by atoms with Gasteiger partial charge in [0.15, 0.2) is 0 Å². The van der Waals surface area contributed by atoms with Crippen LogP contribution in [0, 0.1) is 23.7 Å². The minimum absolute atomic E-state index is 0.511. The Morgan fingerprint density at radius 1 is 1.27 bits per heavy atom. The van der Waals surface area contributed by atoms with Crippen molar-refractivity contribution in [3.05, 3.63) is 12.7 Å². The zero-order chi connectivity index (χ0) is 9.99. The summed E-state index contributed by atoms with van der Waals surface area (Å²) in [6.45, 7) is 4.45. The van der Waals surface area contributed by atoms with Crippen LogP contribution in [0.2, 0.25) is 0 Å². The van der Waals surface area contributed by atoms with Gasteiger partial charge in [-0.15, -0.1) is 6.58 Å². The number of fused-ring (bicyclic) bond motifs is 7. The average Bonchev–Trinajstić information content (AvgIpc) is 2.65. The van der Waals surface area contributed by atoms with Crippen LogP contribution in [0.15, 0.2) is 12.7 Å². The summed E-state index contributed by atoms with van der Waals surface area (Å²) < 4.78 is 11.6. The molecule has 0 amide bonds. The van der Waals surface area contributed by atoms with Gasteiger partial charge in [0.1, 0.15) is 0 Å². The van der Waals surface area contributed by atoms with Gasteiger partial charge in [0, 0.05) is 0 Å². The molecule has 1 heterocycles. The summed E-state index contributed by atoms with van der Waals surface area (Å²) in [6.07, 6.45) is 7.71. The van der Waals surface area contributed by atoms with Gasteiger partial charge in [0.25, 0.3) is 0 Å². The summed E-state index contributed by atoms with van der Waals surface area (Å²) in [5.41, 5.74) is 0. The molecule has 1 aliphatic heterocycles. The molecule has 4 unspecified atom stereocenters. The van der Waals surface area contributed by atoms with E-state index in [1.165, 1.54) is 19.3 Å². The average molecular weight is 206 g/mol. The summed E-state index contributed by atoms with van der Waals surface area (Å²) in [7, 11) is 0. The maximum atomic E-state index is 5.89. The van der Waals surface area contributed by atoms with Crippen molar-refractivity contribution < 1.29 is 9.47 Å². The van der Waals surface area contributed by atoms with Crippen LogP contribution in [0.25, 0.3) is 0 Å². The zero-order valence-electron chi connectivity index (χ0n) is 8.97. The van der Waals surface area contributed by atoms with Crippen molar-refractivity contribution >= 4 is 0 Å². The van der Waals surface area contributed by atoms with Crippen molar-refractivity contribution in [3.8, 4) is 0 Å². The lowest BCUT2D eigenvalue weighted by Gasteiger charge is -2.32. The van der Waals surface area contributed by atoms with Crippen molar-refractivity contribution in [2.75, 3.05) is 6.61 Å². The van der Waals surface area contributed by atoms with Gasteiger partial charge in [-0.25, -0.2) is 0 Å². The molecule has 4 aliphatic rings. The Labute approximate surface area is 90.6 Å². The van der Waals surface area contributed by atoms with Gasteiger partial charge in [-0.3, -0.25) is 0 Å². The fourth-order valence-corrected chi connectivity index (χ4v) is 4.63. The first-order valence-electron chi connectivity index (χ1n) is 6.26. The van der Waals surface area contributed by atoms with E-state index in [9.17, 15) is 0 Å². The maximum absolute atomic E-state index is 5.89. The van der Waals surface area contributed by atoms with Crippen molar-refractivity contribution in [1.29, 1.82) is 0 Å². The molecular formula is C13H18O2. The monoisotopic (exact) mass is 206 g/mol. The van der Waals surface area contributed by atoms with Crippen LogP contribution >= 0.6 is 0 Å². The van der Waals surface area contributed by atoms with Crippen LogP contribution in [0.5, 0.6) is 0 Å². The highest BCUT2D eigenvalue weighted by Crippen LogP contribution is 2.64. The van der Waals surface area contributed by atoms with Crippen LogP contribution in [0.3, 0.4) is 0 Å². The van der Waals surface area contributed by atoms with Crippen LogP contribution < -0.4 is 0 Å². The Hall–Kier alpha value is -0.340. The standard InChI is InChI=1S/C13H18O2/c1-2-3-14-10-5-7-4-9(10)12-8(7)6-11-13(12)15-11/h2,7-13H,1,3-6H2/t7-,8?,9+,10+,11?,12?,13?/m0/s1. The van der Waals surface area contributed by atoms with E-state index in [2.05, 4.69) is 6.58 Å². The number of ether oxygens (including phenoxy) is 2. The highest BCUT2D eigenvalue weighted by atomic mass is 16.6. The van der Waals surface area contributed by atoms with E-state index < -0.39 is 0 Å². The SMILES string of the molecule is C=CCO[C@@H]1C[C@@H]2C[C@H]1C1C3OC3CC12. The van der Waals surface area contributed by atoms with Gasteiger partial charge in [0.2, 0.25) is 0 Å². The molecule has 0 aromatic heterocycles. The molecule has 7 atom stereocenters. The Morgan fingerprint density at radius 3 is 3.07 bits per heavy atom. The first-order chi connectivity index (χ1) is 7.38. The predicted molar refractivity (Wildman–Crippen MR) is 56.4 cm³/mol. The maximum Gasteiger partial charge on any atom is 0.0876 e. The summed E-state index contributed by atoms with van der Waals surface area (Å²) in [4.78, 5) is 0. The summed E-state index contributed by atoms with van der Waals surface area (Å²) in [6, 6.07) is 0. The Kier molecular flexibility index (Phi) is 1.67. The van der Waals surface area contributed by atoms with Crippen LogP contribution in [0.1, 0.15) is 19.3 Å². The van der Waals surface area contributed by atoms with Crippen LogP contribution in [-0.2, 0) is 9.47 Å². The largest absolute Gasteiger partial charge is 0.374 e. The predicted octanol–water partition coefficient (Wildman–Crippen LogP) is 2.00. The van der Waals surface area contributed by atoms with Crippen molar-refractivity contribution in [3.63, 3.8) is 0 Å². The molecule has 3 aliphatic carbocycles. The van der Waals surface area contributed by atoms with E-state index in [0.717, 1.165) is 30.3 Å². The lowest BCUT2D eigenvalue weighted by Crippen LogP contribution is -2.33. The van der Waals surface area contributed by atoms with E-state index in [4.69, 9.17) is 9.47 Å². The lowest BCUT2D eigenvalue weighted by atomic mass is 9.79. The van der Waals surface area contributed by atoms with Crippen molar-refractivity contribution in [2.24, 2.45) is 23.7 Å². The number of rotatable bonds is 3. The molecule has 0 N–H and O–H groups in total. The number of hydrogen-bond donors (Lipinski definition) is 0. The first kappa shape index (κ1) is 8.77. The molecule has 2 heteroatoms. The zero-order valence-corrected chi connectivity index (χ0v) is 8.97. The second kappa shape index (κ2) is 2.86. The molecule has 2 bridgehead atoms. The second-order valence-electron chi connectivity index (χ2n) is 5.67. The quantitative estimate of drug-likeness (QED) is 0.520. The molecule has 3 saturated carbocycles. The molecule has 0 aromatic rings. The van der Waals surface area contributed by atoms with Gasteiger partial charge in [-0.1, -0.05) is 6.08 Å². The topological polar surface area (TPSA) is 21.8 Å². The summed E-state index contributed by atoms with van der Waals surface area (Å²) in [5, 5.41) is 0. The molecule has 4 fully saturated rings. The third kappa shape index (κ3) is 1.07. The number of hydrogen-bond acceptors (Lipinski definition) is 2. The van der Waals surface area contributed by atoms with E-state index in [0.29, 0.717) is 18.3 Å². The first-order valence-corrected chi connectivity index (χ1v) is 6.26. The Bertz CT molecular complexity index is 301. The highest BCUT2D eigenvalue weighted by molar-refractivity contribution is 5.14. The van der Waals surface area contributed by atoms with Crippen molar-refractivity contribution in [2.45, 2.75) is 37.6 Å². The lowest BCUT2D eigenvalue weighted by molar-refractivity contribution is -0.0107. The normalized spacial score (nSPS) is 59.1. The van der Waals surface area contributed by atoms with E-state index in [1.54, 1.807) is 0 Å².